The molecule has 0 spiro atoms. The van der Waals surface area contributed by atoms with Crippen molar-refractivity contribution in [2.75, 3.05) is 20.3 Å². The second-order valence-corrected chi connectivity index (χ2v) is 7.09. The summed E-state index contributed by atoms with van der Waals surface area (Å²) < 4.78 is 6.79. The van der Waals surface area contributed by atoms with Crippen molar-refractivity contribution in [2.45, 2.75) is 12.5 Å². The van der Waals surface area contributed by atoms with E-state index in [0.717, 1.165) is 0 Å². The molecule has 1 fully saturated rings. The Bertz CT molecular complexity index is 997. The minimum Gasteiger partial charge on any atom is -0.383 e. The number of aryl methyl sites for hydroxylation is 1. The van der Waals surface area contributed by atoms with Crippen LogP contribution in [-0.4, -0.2) is 63.5 Å². The molecule has 10 heteroatoms. The SMILES string of the molecule is COCCN1C(=O)C[C@H](C(=O)ON2C(=O)c3ccccc3C2=O)[C@H]1c1nccn1C. The van der Waals surface area contributed by atoms with Crippen LogP contribution in [0.3, 0.4) is 0 Å². The highest BCUT2D eigenvalue weighted by molar-refractivity contribution is 6.20. The third-order valence-corrected chi connectivity index (χ3v) is 5.33. The van der Waals surface area contributed by atoms with Crippen LogP contribution >= 0.6 is 0 Å². The van der Waals surface area contributed by atoms with Gasteiger partial charge in [-0.15, -0.1) is 0 Å². The quantitative estimate of drug-likeness (QED) is 0.643. The van der Waals surface area contributed by atoms with E-state index in [1.165, 1.54) is 24.1 Å². The van der Waals surface area contributed by atoms with Gasteiger partial charge >= 0.3 is 5.97 Å². The van der Waals surface area contributed by atoms with Crippen LogP contribution in [0.15, 0.2) is 36.7 Å². The number of hydroxylamine groups is 2. The number of methoxy groups -OCH3 is 1. The summed E-state index contributed by atoms with van der Waals surface area (Å²) in [7, 11) is 3.27. The zero-order valence-corrected chi connectivity index (χ0v) is 16.5. The van der Waals surface area contributed by atoms with E-state index in [2.05, 4.69) is 4.98 Å². The number of amides is 3. The molecule has 1 aromatic heterocycles. The molecule has 10 nitrogen and oxygen atoms in total. The molecule has 2 aliphatic rings. The van der Waals surface area contributed by atoms with Gasteiger partial charge in [0.25, 0.3) is 11.8 Å². The van der Waals surface area contributed by atoms with E-state index in [1.54, 1.807) is 36.1 Å². The lowest BCUT2D eigenvalue weighted by Crippen LogP contribution is -2.38. The molecule has 2 aliphatic heterocycles. The van der Waals surface area contributed by atoms with Gasteiger partial charge in [0.2, 0.25) is 5.91 Å². The van der Waals surface area contributed by atoms with Gasteiger partial charge in [-0.05, 0) is 12.1 Å². The van der Waals surface area contributed by atoms with Gasteiger partial charge in [0, 0.05) is 39.5 Å². The molecule has 156 valence electrons. The average Bonchev–Trinajstić information content (AvgIpc) is 3.37. The van der Waals surface area contributed by atoms with Crippen molar-refractivity contribution in [2.24, 2.45) is 13.0 Å². The van der Waals surface area contributed by atoms with Gasteiger partial charge in [-0.3, -0.25) is 14.4 Å². The number of nitrogens with zero attached hydrogens (tertiary/aromatic N) is 4. The third-order valence-electron chi connectivity index (χ3n) is 5.33. The number of carbonyl (C=O) groups is 4. The number of ether oxygens (including phenoxy) is 1. The van der Waals surface area contributed by atoms with Gasteiger partial charge in [-0.2, -0.15) is 0 Å². The molecular formula is C20H20N4O6. The van der Waals surface area contributed by atoms with Crippen LogP contribution < -0.4 is 0 Å². The Balaban J connectivity index is 1.60. The van der Waals surface area contributed by atoms with Gasteiger partial charge in [-0.1, -0.05) is 17.2 Å². The molecule has 0 aliphatic carbocycles. The second-order valence-electron chi connectivity index (χ2n) is 7.09. The Morgan fingerprint density at radius 2 is 1.83 bits per heavy atom. The number of imide groups is 1. The van der Waals surface area contributed by atoms with Crippen molar-refractivity contribution in [1.82, 2.24) is 19.5 Å². The maximum absolute atomic E-state index is 13.0. The lowest BCUT2D eigenvalue weighted by Gasteiger charge is -2.27. The zero-order valence-electron chi connectivity index (χ0n) is 16.5. The van der Waals surface area contributed by atoms with Crippen molar-refractivity contribution in [3.05, 3.63) is 53.6 Å². The van der Waals surface area contributed by atoms with E-state index in [0.29, 0.717) is 10.9 Å². The number of aromatic nitrogens is 2. The molecule has 0 N–H and O–H groups in total. The molecule has 1 aromatic carbocycles. The molecule has 2 atom stereocenters. The zero-order chi connectivity index (χ0) is 21.4. The molecule has 4 rings (SSSR count). The highest BCUT2D eigenvalue weighted by Gasteiger charge is 2.49. The fourth-order valence-corrected chi connectivity index (χ4v) is 3.84. The predicted molar refractivity (Wildman–Crippen MR) is 101 cm³/mol. The first-order valence-corrected chi connectivity index (χ1v) is 9.39. The molecule has 0 unspecified atom stereocenters. The van der Waals surface area contributed by atoms with Crippen molar-refractivity contribution in [3.8, 4) is 0 Å². The molecule has 30 heavy (non-hydrogen) atoms. The second kappa shape index (κ2) is 7.71. The molecule has 2 aromatic rings. The first kappa shape index (κ1) is 19.8. The summed E-state index contributed by atoms with van der Waals surface area (Å²) in [6.45, 7) is 0.552. The number of carbonyl (C=O) groups excluding carboxylic acids is 4. The van der Waals surface area contributed by atoms with Gasteiger partial charge < -0.3 is 19.0 Å². The number of hydrogen-bond acceptors (Lipinski definition) is 7. The van der Waals surface area contributed by atoms with Crippen LogP contribution in [-0.2, 0) is 26.2 Å². The third kappa shape index (κ3) is 3.14. The normalized spacial score (nSPS) is 20.8. The topological polar surface area (TPSA) is 111 Å². The minimum absolute atomic E-state index is 0.122. The van der Waals surface area contributed by atoms with Crippen molar-refractivity contribution in [3.63, 3.8) is 0 Å². The Labute approximate surface area is 171 Å². The smallest absolute Gasteiger partial charge is 0.339 e. The van der Waals surface area contributed by atoms with Crippen molar-refractivity contribution >= 4 is 23.7 Å². The average molecular weight is 412 g/mol. The maximum Gasteiger partial charge on any atom is 0.339 e. The molecule has 0 bridgehead atoms. The van der Waals surface area contributed by atoms with Gasteiger partial charge in [0.15, 0.2) is 0 Å². The molecule has 0 saturated carbocycles. The van der Waals surface area contributed by atoms with Gasteiger partial charge in [-0.25, -0.2) is 9.78 Å². The summed E-state index contributed by atoms with van der Waals surface area (Å²) >= 11 is 0. The predicted octanol–water partition coefficient (Wildman–Crippen LogP) is 0.710. The summed E-state index contributed by atoms with van der Waals surface area (Å²) in [4.78, 5) is 61.7. The summed E-state index contributed by atoms with van der Waals surface area (Å²) in [5.41, 5.74) is 0.334. The van der Waals surface area contributed by atoms with Gasteiger partial charge in [0.05, 0.1) is 23.7 Å². The summed E-state index contributed by atoms with van der Waals surface area (Å²) in [6, 6.07) is 5.53. The van der Waals surface area contributed by atoms with E-state index in [1.807, 2.05) is 0 Å². The summed E-state index contributed by atoms with van der Waals surface area (Å²) in [5.74, 6) is -2.95. The lowest BCUT2D eigenvalue weighted by atomic mass is 10.00. The number of likely N-dealkylation sites (tertiary alicyclic amines) is 1. The fourth-order valence-electron chi connectivity index (χ4n) is 3.84. The monoisotopic (exact) mass is 412 g/mol. The van der Waals surface area contributed by atoms with Crippen LogP contribution in [0.2, 0.25) is 0 Å². The van der Waals surface area contributed by atoms with E-state index in [9.17, 15) is 19.2 Å². The van der Waals surface area contributed by atoms with E-state index in [4.69, 9.17) is 9.57 Å². The number of hydrogen-bond donors (Lipinski definition) is 0. The van der Waals surface area contributed by atoms with Crippen LogP contribution in [0.25, 0.3) is 0 Å². The number of imidazole rings is 1. The van der Waals surface area contributed by atoms with Crippen molar-refractivity contribution < 1.29 is 28.8 Å². The van der Waals surface area contributed by atoms with E-state index < -0.39 is 29.7 Å². The highest BCUT2D eigenvalue weighted by atomic mass is 16.7. The Morgan fingerprint density at radius 3 is 2.40 bits per heavy atom. The summed E-state index contributed by atoms with van der Waals surface area (Å²) in [6.07, 6.45) is 3.15. The van der Waals surface area contributed by atoms with Crippen LogP contribution in [0.1, 0.15) is 39.0 Å². The number of rotatable bonds is 6. The van der Waals surface area contributed by atoms with E-state index in [-0.39, 0.29) is 36.6 Å². The molecular weight excluding hydrogens is 392 g/mol. The first-order chi connectivity index (χ1) is 14.4. The summed E-state index contributed by atoms with van der Waals surface area (Å²) in [5, 5.41) is 0.463. The van der Waals surface area contributed by atoms with Gasteiger partial charge in [0.1, 0.15) is 11.9 Å². The number of benzene rings is 1. The van der Waals surface area contributed by atoms with Crippen molar-refractivity contribution in [1.29, 1.82) is 0 Å². The van der Waals surface area contributed by atoms with Crippen LogP contribution in [0, 0.1) is 5.92 Å². The Kier molecular flexibility index (Phi) is 5.08. The fraction of sp³-hybridized carbons (Fsp3) is 0.350. The Hall–Kier alpha value is -3.53. The largest absolute Gasteiger partial charge is 0.383 e. The first-order valence-electron chi connectivity index (χ1n) is 9.39. The standard InChI is InChI=1S/C20H20N4O6/c1-22-8-7-21-17(22)16-14(11-15(25)23(16)9-10-29-2)20(28)30-24-18(26)12-5-3-4-6-13(12)19(24)27/h3-8,14,16H,9-11H2,1-2H3/t14-,16-/m0/s1. The maximum atomic E-state index is 13.0. The van der Waals surface area contributed by atoms with Crippen LogP contribution in [0.5, 0.6) is 0 Å². The highest BCUT2D eigenvalue weighted by Crippen LogP contribution is 2.38. The van der Waals surface area contributed by atoms with E-state index >= 15 is 0 Å². The molecule has 3 amide bonds. The Morgan fingerprint density at radius 1 is 1.17 bits per heavy atom. The molecule has 0 radical (unpaired) electrons. The van der Waals surface area contributed by atoms with Crippen LogP contribution in [0.4, 0.5) is 0 Å². The molecule has 3 heterocycles. The minimum atomic E-state index is -0.931. The molecule has 1 saturated heterocycles. The number of fused-ring (bicyclic) bond motifs is 1. The lowest BCUT2D eigenvalue weighted by molar-refractivity contribution is -0.174.